The van der Waals surface area contributed by atoms with Crippen molar-refractivity contribution in [2.24, 2.45) is 0 Å². The average Bonchev–Trinajstić information content (AvgIpc) is 2.92. The summed E-state index contributed by atoms with van der Waals surface area (Å²) in [5.41, 5.74) is 0.184. The Labute approximate surface area is 100 Å². The van der Waals surface area contributed by atoms with E-state index in [0.717, 1.165) is 17.5 Å². The molecular weight excluding hydrogens is 222 g/mol. The largest absolute Gasteiger partial charge is 0.311 e. The van der Waals surface area contributed by atoms with Crippen molar-refractivity contribution in [2.45, 2.75) is 50.4 Å². The average molecular weight is 241 g/mol. The number of nitrogens with one attached hydrogen (secondary N) is 1. The van der Waals surface area contributed by atoms with Gasteiger partial charge in [0.2, 0.25) is 5.16 Å². The van der Waals surface area contributed by atoms with Crippen LogP contribution in [0.1, 0.15) is 39.7 Å². The van der Waals surface area contributed by atoms with Crippen LogP contribution in [0.4, 0.5) is 0 Å². The molecule has 16 heavy (non-hydrogen) atoms. The number of nitrogens with zero attached hydrogens (tertiary/aromatic N) is 4. The molecule has 0 atom stereocenters. The zero-order valence-electron chi connectivity index (χ0n) is 10.1. The molecule has 5 nitrogen and oxygen atoms in total. The normalized spacial score (nSPS) is 16.7. The summed E-state index contributed by atoms with van der Waals surface area (Å²) in [5.74, 6) is 1.00. The highest BCUT2D eigenvalue weighted by Gasteiger charge is 2.27. The second-order valence-corrected chi connectivity index (χ2v) is 6.22. The van der Waals surface area contributed by atoms with Gasteiger partial charge in [0.25, 0.3) is 0 Å². The Morgan fingerprint density at radius 2 is 2.19 bits per heavy atom. The number of tetrazole rings is 1. The van der Waals surface area contributed by atoms with Crippen molar-refractivity contribution in [3.63, 3.8) is 0 Å². The smallest absolute Gasteiger partial charge is 0.209 e. The molecule has 1 N–H and O–H groups in total. The summed E-state index contributed by atoms with van der Waals surface area (Å²) in [5, 5.41) is 16.2. The molecule has 0 unspecified atom stereocenters. The van der Waals surface area contributed by atoms with E-state index >= 15 is 0 Å². The number of hydrogen-bond acceptors (Lipinski definition) is 5. The van der Waals surface area contributed by atoms with E-state index in [4.69, 9.17) is 0 Å². The number of aromatic nitrogens is 4. The number of thioether (sulfide) groups is 1. The number of hydrogen-bond donors (Lipinski definition) is 1. The molecule has 0 radical (unpaired) electrons. The van der Waals surface area contributed by atoms with E-state index in [0.29, 0.717) is 6.04 Å². The summed E-state index contributed by atoms with van der Waals surface area (Å²) in [6, 6.07) is 0.563. The van der Waals surface area contributed by atoms with E-state index in [1.807, 2.05) is 4.68 Å². The molecule has 0 aliphatic heterocycles. The second-order valence-electron chi connectivity index (χ2n) is 5.16. The zero-order valence-corrected chi connectivity index (χ0v) is 10.9. The first-order valence-electron chi connectivity index (χ1n) is 5.72. The molecule has 1 aromatic heterocycles. The molecule has 1 heterocycles. The van der Waals surface area contributed by atoms with E-state index in [-0.39, 0.29) is 5.54 Å². The minimum Gasteiger partial charge on any atom is -0.311 e. The Hall–Kier alpha value is -0.620. The van der Waals surface area contributed by atoms with Crippen molar-refractivity contribution in [2.75, 3.05) is 12.3 Å². The van der Waals surface area contributed by atoms with Gasteiger partial charge in [-0.1, -0.05) is 11.8 Å². The summed E-state index contributed by atoms with van der Waals surface area (Å²) in [6.07, 6.45) is 2.44. The highest BCUT2D eigenvalue weighted by molar-refractivity contribution is 7.99. The Morgan fingerprint density at radius 1 is 1.44 bits per heavy atom. The highest BCUT2D eigenvalue weighted by atomic mass is 32.2. The quantitative estimate of drug-likeness (QED) is 0.625. The maximum Gasteiger partial charge on any atom is 0.209 e. The van der Waals surface area contributed by atoms with Gasteiger partial charge in [-0.15, -0.1) is 5.10 Å². The molecule has 1 aromatic rings. The summed E-state index contributed by atoms with van der Waals surface area (Å²) < 4.78 is 1.96. The lowest BCUT2D eigenvalue weighted by Crippen LogP contribution is -2.37. The highest BCUT2D eigenvalue weighted by Crippen LogP contribution is 2.36. The Bertz CT molecular complexity index is 339. The van der Waals surface area contributed by atoms with Gasteiger partial charge in [-0.05, 0) is 44.0 Å². The Kier molecular flexibility index (Phi) is 3.49. The Balaban J connectivity index is 1.74. The molecule has 2 rings (SSSR count). The fraction of sp³-hybridized carbons (Fsp3) is 0.900. The lowest BCUT2D eigenvalue weighted by atomic mass is 10.1. The predicted molar refractivity (Wildman–Crippen MR) is 64.6 cm³/mol. The topological polar surface area (TPSA) is 55.6 Å². The number of rotatable bonds is 5. The third-order valence-corrected chi connectivity index (χ3v) is 3.28. The van der Waals surface area contributed by atoms with Crippen molar-refractivity contribution in [3.8, 4) is 0 Å². The van der Waals surface area contributed by atoms with E-state index in [1.54, 1.807) is 11.8 Å². The van der Waals surface area contributed by atoms with Gasteiger partial charge >= 0.3 is 0 Å². The molecular formula is C10H19N5S. The maximum absolute atomic E-state index is 4.05. The summed E-state index contributed by atoms with van der Waals surface area (Å²) >= 11 is 1.73. The molecule has 90 valence electrons. The van der Waals surface area contributed by atoms with Gasteiger partial charge in [0.15, 0.2) is 0 Å². The standard InChI is InChI=1S/C10H19N5S/c1-10(2,3)11-6-7-16-9-12-13-14-15(9)8-4-5-8/h8,11H,4-7H2,1-3H3. The molecule has 0 amide bonds. The first kappa shape index (κ1) is 11.9. The van der Waals surface area contributed by atoms with Gasteiger partial charge in [-0.3, -0.25) is 0 Å². The first-order valence-corrected chi connectivity index (χ1v) is 6.70. The van der Waals surface area contributed by atoms with Gasteiger partial charge in [-0.25, -0.2) is 4.68 Å². The SMILES string of the molecule is CC(C)(C)NCCSc1nnnn1C1CC1. The van der Waals surface area contributed by atoms with Crippen molar-refractivity contribution in [1.29, 1.82) is 0 Å². The lowest BCUT2D eigenvalue weighted by Gasteiger charge is -2.19. The minimum absolute atomic E-state index is 0.184. The molecule has 0 saturated heterocycles. The van der Waals surface area contributed by atoms with Gasteiger partial charge in [0.05, 0.1) is 6.04 Å². The lowest BCUT2D eigenvalue weighted by molar-refractivity contribution is 0.441. The van der Waals surface area contributed by atoms with Crippen LogP contribution in [0.3, 0.4) is 0 Å². The van der Waals surface area contributed by atoms with Crippen LogP contribution in [0.15, 0.2) is 5.16 Å². The van der Waals surface area contributed by atoms with Crippen molar-refractivity contribution >= 4 is 11.8 Å². The molecule has 6 heteroatoms. The van der Waals surface area contributed by atoms with Crippen LogP contribution in [-0.2, 0) is 0 Å². The Morgan fingerprint density at radius 3 is 2.81 bits per heavy atom. The van der Waals surface area contributed by atoms with Gasteiger partial charge < -0.3 is 5.32 Å². The van der Waals surface area contributed by atoms with Gasteiger partial charge in [0, 0.05) is 17.8 Å². The van der Waals surface area contributed by atoms with E-state index < -0.39 is 0 Å². The molecule has 1 aliphatic carbocycles. The van der Waals surface area contributed by atoms with Gasteiger partial charge in [-0.2, -0.15) is 0 Å². The summed E-state index contributed by atoms with van der Waals surface area (Å²) in [7, 11) is 0. The van der Waals surface area contributed by atoms with Crippen LogP contribution < -0.4 is 5.32 Å². The van der Waals surface area contributed by atoms with Crippen molar-refractivity contribution in [3.05, 3.63) is 0 Å². The summed E-state index contributed by atoms with van der Waals surface area (Å²) in [4.78, 5) is 0. The van der Waals surface area contributed by atoms with Crippen LogP contribution in [0.25, 0.3) is 0 Å². The van der Waals surface area contributed by atoms with Crippen LogP contribution >= 0.6 is 11.8 Å². The molecule has 1 aliphatic rings. The predicted octanol–water partition coefficient (Wildman–Crippen LogP) is 1.49. The minimum atomic E-state index is 0.184. The maximum atomic E-state index is 4.05. The van der Waals surface area contributed by atoms with Gasteiger partial charge in [0.1, 0.15) is 0 Å². The van der Waals surface area contributed by atoms with Crippen LogP contribution in [0.5, 0.6) is 0 Å². The van der Waals surface area contributed by atoms with E-state index in [2.05, 4.69) is 41.6 Å². The molecule has 0 bridgehead atoms. The summed E-state index contributed by atoms with van der Waals surface area (Å²) in [6.45, 7) is 7.50. The second kappa shape index (κ2) is 4.71. The monoisotopic (exact) mass is 241 g/mol. The van der Waals surface area contributed by atoms with Crippen LogP contribution in [-0.4, -0.2) is 38.0 Å². The van der Waals surface area contributed by atoms with Crippen molar-refractivity contribution < 1.29 is 0 Å². The first-order chi connectivity index (χ1) is 7.56. The fourth-order valence-corrected chi connectivity index (χ4v) is 2.20. The van der Waals surface area contributed by atoms with Crippen molar-refractivity contribution in [1.82, 2.24) is 25.5 Å². The third-order valence-electron chi connectivity index (χ3n) is 2.34. The third kappa shape index (κ3) is 3.45. The molecule has 1 fully saturated rings. The molecule has 0 spiro atoms. The van der Waals surface area contributed by atoms with Crippen LogP contribution in [0, 0.1) is 0 Å². The zero-order chi connectivity index (χ0) is 11.6. The van der Waals surface area contributed by atoms with Crippen LogP contribution in [0.2, 0.25) is 0 Å². The van der Waals surface area contributed by atoms with E-state index in [9.17, 15) is 0 Å². The fourth-order valence-electron chi connectivity index (χ4n) is 1.40. The molecule has 0 aromatic carbocycles. The molecule has 1 saturated carbocycles. The van der Waals surface area contributed by atoms with E-state index in [1.165, 1.54) is 12.8 Å².